The Bertz CT molecular complexity index is 1380. The van der Waals surface area contributed by atoms with E-state index < -0.39 is 31.3 Å². The Morgan fingerprint density at radius 3 is 2.44 bits per heavy atom. The van der Waals surface area contributed by atoms with Gasteiger partial charge in [0.15, 0.2) is 13.2 Å². The number of hydrogen-bond donors (Lipinski definition) is 1. The molecule has 11 heteroatoms. The van der Waals surface area contributed by atoms with E-state index in [2.05, 4.69) is 11.0 Å². The molecular formula is C34H40F2N2O7. The average molecular weight is 627 g/mol. The van der Waals surface area contributed by atoms with Crippen molar-refractivity contribution >= 4 is 11.8 Å². The first kappa shape index (κ1) is 32.3. The molecule has 242 valence electrons. The van der Waals surface area contributed by atoms with Gasteiger partial charge in [0.05, 0.1) is 31.5 Å². The molecule has 1 N–H and O–H groups in total. The maximum Gasteiger partial charge on any atom is 0.407 e. The lowest BCUT2D eigenvalue weighted by molar-refractivity contribution is -0.0728. The van der Waals surface area contributed by atoms with Crippen molar-refractivity contribution in [2.45, 2.75) is 37.4 Å². The summed E-state index contributed by atoms with van der Waals surface area (Å²) >= 11 is 0. The number of piperidine rings is 1. The number of hydrogen-bond acceptors (Lipinski definition) is 7. The number of carboxylic acid groups (broad SMARTS) is 1. The number of anilines is 1. The van der Waals surface area contributed by atoms with Crippen molar-refractivity contribution in [1.82, 2.24) is 4.90 Å². The van der Waals surface area contributed by atoms with Crippen LogP contribution in [0.2, 0.25) is 0 Å². The number of carbonyl (C=O) groups is 1. The summed E-state index contributed by atoms with van der Waals surface area (Å²) in [7, 11) is 1.70. The smallest absolute Gasteiger partial charge is 0.407 e. The van der Waals surface area contributed by atoms with Crippen molar-refractivity contribution in [2.24, 2.45) is 0 Å². The van der Waals surface area contributed by atoms with Gasteiger partial charge < -0.3 is 38.6 Å². The minimum atomic E-state index is -3.18. The van der Waals surface area contributed by atoms with Crippen LogP contribution in [-0.2, 0) is 16.1 Å². The Hall–Kier alpha value is -4.09. The molecule has 0 radical (unpaired) electrons. The van der Waals surface area contributed by atoms with Crippen LogP contribution < -0.4 is 19.1 Å². The van der Waals surface area contributed by atoms with Gasteiger partial charge in [-0.3, -0.25) is 0 Å². The van der Waals surface area contributed by atoms with Crippen LogP contribution in [0, 0.1) is 0 Å². The molecule has 2 unspecified atom stereocenters. The normalized spacial score (nSPS) is 18.2. The lowest BCUT2D eigenvalue weighted by atomic mass is 9.87. The van der Waals surface area contributed by atoms with Gasteiger partial charge in [0, 0.05) is 32.7 Å². The fourth-order valence-electron chi connectivity index (χ4n) is 5.63. The number of fused-ring (bicyclic) bond motifs is 1. The Kier molecular flexibility index (Phi) is 11.0. The summed E-state index contributed by atoms with van der Waals surface area (Å²) in [6.07, 6.45) is 0.0874. The van der Waals surface area contributed by atoms with Crippen molar-refractivity contribution < 1.29 is 42.4 Å². The van der Waals surface area contributed by atoms with E-state index in [1.165, 1.54) is 4.90 Å². The van der Waals surface area contributed by atoms with Crippen LogP contribution in [0.15, 0.2) is 72.8 Å². The number of nitrogens with zero attached hydrogens (tertiary/aromatic N) is 2. The second kappa shape index (κ2) is 15.3. The van der Waals surface area contributed by atoms with Gasteiger partial charge in [-0.05, 0) is 60.4 Å². The topological polar surface area (TPSA) is 89.9 Å². The Morgan fingerprint density at radius 2 is 1.73 bits per heavy atom. The van der Waals surface area contributed by atoms with E-state index in [0.29, 0.717) is 44.3 Å². The minimum Gasteiger partial charge on any atom is -0.490 e. The SMILES string of the molecule is COCCCN1CCOc2ccc(COC3CN(C(=O)O)CCC3c3ccc(OCC(F)(F)COc4ccccc4)cc3)cc21. The molecule has 2 heterocycles. The summed E-state index contributed by atoms with van der Waals surface area (Å²) in [6, 6.07) is 21.4. The number of para-hydroxylation sites is 1. The molecule has 3 aromatic carbocycles. The molecule has 2 atom stereocenters. The molecule has 5 rings (SSSR count). The first-order valence-corrected chi connectivity index (χ1v) is 15.2. The highest BCUT2D eigenvalue weighted by atomic mass is 19.3. The number of likely N-dealkylation sites (tertiary alicyclic amines) is 1. The lowest BCUT2D eigenvalue weighted by Crippen LogP contribution is -2.46. The molecule has 0 aromatic heterocycles. The van der Waals surface area contributed by atoms with E-state index in [4.69, 9.17) is 23.7 Å². The van der Waals surface area contributed by atoms with Gasteiger partial charge in [-0.2, -0.15) is 8.78 Å². The number of amides is 1. The Balaban J connectivity index is 1.20. The van der Waals surface area contributed by atoms with E-state index >= 15 is 0 Å². The molecular weight excluding hydrogens is 586 g/mol. The highest BCUT2D eigenvalue weighted by Crippen LogP contribution is 2.35. The van der Waals surface area contributed by atoms with Crippen LogP contribution in [-0.4, -0.2) is 87.8 Å². The first-order chi connectivity index (χ1) is 21.8. The molecule has 1 saturated heterocycles. The predicted molar refractivity (Wildman–Crippen MR) is 165 cm³/mol. The Morgan fingerprint density at radius 1 is 1.00 bits per heavy atom. The van der Waals surface area contributed by atoms with Crippen molar-refractivity contribution in [2.75, 3.05) is 64.6 Å². The number of halogens is 2. The maximum absolute atomic E-state index is 14.4. The van der Waals surface area contributed by atoms with E-state index in [9.17, 15) is 18.7 Å². The van der Waals surface area contributed by atoms with Crippen molar-refractivity contribution in [3.05, 3.63) is 83.9 Å². The Labute approximate surface area is 262 Å². The molecule has 3 aromatic rings. The number of alkyl halides is 2. The maximum atomic E-state index is 14.4. The molecule has 45 heavy (non-hydrogen) atoms. The van der Waals surface area contributed by atoms with E-state index in [0.717, 1.165) is 42.1 Å². The first-order valence-electron chi connectivity index (χ1n) is 15.2. The van der Waals surface area contributed by atoms with Crippen LogP contribution in [0.5, 0.6) is 17.2 Å². The average Bonchev–Trinajstić information content (AvgIpc) is 3.06. The van der Waals surface area contributed by atoms with Crippen molar-refractivity contribution in [1.29, 1.82) is 0 Å². The third-order valence-electron chi connectivity index (χ3n) is 8.00. The molecule has 9 nitrogen and oxygen atoms in total. The van der Waals surface area contributed by atoms with E-state index in [1.54, 1.807) is 49.6 Å². The molecule has 0 saturated carbocycles. The molecule has 0 bridgehead atoms. The second-order valence-corrected chi connectivity index (χ2v) is 11.3. The lowest BCUT2D eigenvalue weighted by Gasteiger charge is -2.37. The van der Waals surface area contributed by atoms with Gasteiger partial charge in [0.25, 0.3) is 0 Å². The summed E-state index contributed by atoms with van der Waals surface area (Å²) in [4.78, 5) is 15.5. The molecule has 1 amide bonds. The van der Waals surface area contributed by atoms with Gasteiger partial charge in [-0.1, -0.05) is 36.4 Å². The van der Waals surface area contributed by atoms with Crippen LogP contribution in [0.3, 0.4) is 0 Å². The molecule has 2 aliphatic heterocycles. The second-order valence-electron chi connectivity index (χ2n) is 11.3. The zero-order valence-corrected chi connectivity index (χ0v) is 25.4. The van der Waals surface area contributed by atoms with Gasteiger partial charge in [-0.15, -0.1) is 0 Å². The number of rotatable bonds is 14. The summed E-state index contributed by atoms with van der Waals surface area (Å²) in [5.41, 5.74) is 2.90. The highest BCUT2D eigenvalue weighted by Gasteiger charge is 2.34. The number of methoxy groups -OCH3 is 1. The zero-order chi connectivity index (χ0) is 31.6. The third kappa shape index (κ3) is 8.98. The van der Waals surface area contributed by atoms with Crippen LogP contribution >= 0.6 is 0 Å². The third-order valence-corrected chi connectivity index (χ3v) is 8.00. The summed E-state index contributed by atoms with van der Waals surface area (Å²) < 4.78 is 56.9. The molecule has 2 aliphatic rings. The zero-order valence-electron chi connectivity index (χ0n) is 25.4. The predicted octanol–water partition coefficient (Wildman–Crippen LogP) is 6.07. The molecule has 1 fully saturated rings. The van der Waals surface area contributed by atoms with E-state index in [-0.39, 0.29) is 12.5 Å². The summed E-state index contributed by atoms with van der Waals surface area (Å²) in [6.45, 7) is 2.23. The van der Waals surface area contributed by atoms with Gasteiger partial charge in [0.2, 0.25) is 0 Å². The van der Waals surface area contributed by atoms with Crippen LogP contribution in [0.4, 0.5) is 19.3 Å². The summed E-state index contributed by atoms with van der Waals surface area (Å²) in [5, 5.41) is 9.67. The monoisotopic (exact) mass is 626 g/mol. The quantitative estimate of drug-likeness (QED) is 0.216. The van der Waals surface area contributed by atoms with Crippen molar-refractivity contribution in [3.63, 3.8) is 0 Å². The standard InChI is InChI=1S/C34H40F2N2O7/c1-41-18-5-15-37-17-19-42-31-13-8-25(20-30(31)37)22-43-32-21-38(33(39)40)16-14-29(32)26-9-11-28(12-10-26)45-24-34(35,36)23-44-27-6-3-2-4-7-27/h2-4,6-13,20,29,32H,5,14-19,21-24H2,1H3,(H,39,40). The van der Waals surface area contributed by atoms with Crippen molar-refractivity contribution in [3.8, 4) is 17.2 Å². The molecule has 0 spiro atoms. The number of benzene rings is 3. The van der Waals surface area contributed by atoms with Gasteiger partial charge >= 0.3 is 12.0 Å². The summed E-state index contributed by atoms with van der Waals surface area (Å²) in [5.74, 6) is -1.75. The van der Waals surface area contributed by atoms with Crippen LogP contribution in [0.1, 0.15) is 29.9 Å². The van der Waals surface area contributed by atoms with Gasteiger partial charge in [-0.25, -0.2) is 4.79 Å². The van der Waals surface area contributed by atoms with E-state index in [1.807, 2.05) is 24.3 Å². The largest absolute Gasteiger partial charge is 0.490 e. The minimum absolute atomic E-state index is 0.0816. The fraction of sp³-hybridized carbons (Fsp3) is 0.441. The molecule has 0 aliphatic carbocycles. The van der Waals surface area contributed by atoms with Crippen LogP contribution in [0.25, 0.3) is 0 Å². The fourth-order valence-corrected chi connectivity index (χ4v) is 5.63. The number of ether oxygens (including phenoxy) is 5. The van der Waals surface area contributed by atoms with Gasteiger partial charge in [0.1, 0.15) is 23.9 Å². The highest BCUT2D eigenvalue weighted by molar-refractivity contribution is 5.65.